The molecule has 0 radical (unpaired) electrons. The third-order valence-corrected chi connectivity index (χ3v) is 22.1. The normalized spacial score (nSPS) is 14.8. The zero-order valence-corrected chi connectivity index (χ0v) is 47.1. The van der Waals surface area contributed by atoms with Crippen molar-refractivity contribution in [2.45, 2.75) is 97.1 Å². The maximum atomic E-state index is 2.82. The number of rotatable bonds is 4. The van der Waals surface area contributed by atoms with Crippen LogP contribution >= 0.6 is 0 Å². The van der Waals surface area contributed by atoms with Gasteiger partial charge in [-0.25, -0.2) is 0 Å². The molecular weight excluding hydrogens is 924 g/mol. The fourth-order valence-corrected chi connectivity index (χ4v) is 16.8. The molecule has 0 saturated carbocycles. The highest BCUT2D eigenvalue weighted by Crippen LogP contribution is 2.62. The van der Waals surface area contributed by atoms with Crippen molar-refractivity contribution in [3.63, 3.8) is 0 Å². The molecular formula is C69H63BN2Si2. The third-order valence-electron chi connectivity index (χ3n) is 18.1. The molecule has 9 aromatic carbocycles. The van der Waals surface area contributed by atoms with E-state index in [1.54, 1.807) is 0 Å². The van der Waals surface area contributed by atoms with Crippen LogP contribution in [0.5, 0.6) is 0 Å². The Labute approximate surface area is 438 Å². The van der Waals surface area contributed by atoms with Crippen LogP contribution in [0.4, 0.5) is 0 Å². The third kappa shape index (κ3) is 5.57. The first-order valence-corrected chi connectivity index (χ1v) is 34.1. The number of hydrogen-bond acceptors (Lipinski definition) is 0. The van der Waals surface area contributed by atoms with Crippen molar-refractivity contribution in [2.24, 2.45) is 0 Å². The summed E-state index contributed by atoms with van der Waals surface area (Å²) >= 11 is 0. The molecule has 0 unspecified atom stereocenters. The van der Waals surface area contributed by atoms with E-state index in [-0.39, 0.29) is 17.5 Å². The van der Waals surface area contributed by atoms with E-state index in [0.717, 1.165) is 0 Å². The molecule has 3 aliphatic heterocycles. The van der Waals surface area contributed by atoms with Gasteiger partial charge in [0.05, 0.1) is 38.3 Å². The van der Waals surface area contributed by atoms with Gasteiger partial charge in [-0.1, -0.05) is 243 Å². The summed E-state index contributed by atoms with van der Waals surface area (Å²) in [6.07, 6.45) is 0. The minimum Gasteiger partial charge on any atom is -0.310 e. The quantitative estimate of drug-likeness (QED) is 0.156. The molecule has 11 aromatic rings. The number of hydrogen-bond donors (Lipinski definition) is 0. The molecule has 360 valence electrons. The molecule has 0 amide bonds. The van der Waals surface area contributed by atoms with Gasteiger partial charge in [-0.05, 0) is 106 Å². The van der Waals surface area contributed by atoms with Gasteiger partial charge in [0.1, 0.15) is 0 Å². The minimum absolute atomic E-state index is 0.0132. The molecule has 1 spiro atoms. The molecule has 0 saturated heterocycles. The molecule has 0 bridgehead atoms. The number of nitrogens with zero attached hydrogens (tertiary/aromatic N) is 2. The summed E-state index contributed by atoms with van der Waals surface area (Å²) in [6, 6.07) is 65.8. The van der Waals surface area contributed by atoms with Crippen molar-refractivity contribution < 1.29 is 0 Å². The molecule has 1 aliphatic carbocycles. The van der Waals surface area contributed by atoms with Crippen molar-refractivity contribution in [3.05, 3.63) is 197 Å². The second kappa shape index (κ2) is 14.3. The number of fused-ring (bicyclic) bond motifs is 13. The van der Waals surface area contributed by atoms with Crippen molar-refractivity contribution >= 4 is 93.1 Å². The first kappa shape index (κ1) is 44.6. The second-order valence-electron chi connectivity index (χ2n) is 26.5. The Hall–Kier alpha value is -6.92. The second-order valence-corrected chi connectivity index (χ2v) is 36.7. The van der Waals surface area contributed by atoms with Crippen LogP contribution in [0.3, 0.4) is 0 Å². The van der Waals surface area contributed by atoms with E-state index < -0.39 is 21.6 Å². The molecule has 5 heterocycles. The Morgan fingerprint density at radius 3 is 1.59 bits per heavy atom. The molecule has 0 fully saturated rings. The van der Waals surface area contributed by atoms with Gasteiger partial charge in [-0.2, -0.15) is 0 Å². The molecule has 74 heavy (non-hydrogen) atoms. The van der Waals surface area contributed by atoms with Gasteiger partial charge in [0.15, 0.2) is 0 Å². The largest absolute Gasteiger partial charge is 0.310 e. The van der Waals surface area contributed by atoms with Crippen LogP contribution in [0.2, 0.25) is 39.3 Å². The molecule has 0 atom stereocenters. The fraction of sp³-hybridized carbons (Fsp3) is 0.217. The van der Waals surface area contributed by atoms with Crippen LogP contribution in [0.25, 0.3) is 88.4 Å². The maximum Gasteiger partial charge on any atom is 0.253 e. The number of aromatic nitrogens is 2. The van der Waals surface area contributed by atoms with Gasteiger partial charge in [0, 0.05) is 38.6 Å². The average molecular weight is 987 g/mol. The van der Waals surface area contributed by atoms with Crippen LogP contribution in [0.1, 0.15) is 74.9 Å². The monoisotopic (exact) mass is 986 g/mol. The van der Waals surface area contributed by atoms with E-state index >= 15 is 0 Å². The lowest BCUT2D eigenvalue weighted by atomic mass is 9.33. The predicted octanol–water partition coefficient (Wildman–Crippen LogP) is 14.7. The highest BCUT2D eigenvalue weighted by atomic mass is 28.3. The van der Waals surface area contributed by atoms with Gasteiger partial charge < -0.3 is 9.13 Å². The summed E-state index contributed by atoms with van der Waals surface area (Å²) in [5.41, 5.74) is 26.8. The average Bonchev–Trinajstić information content (AvgIpc) is 4.03. The van der Waals surface area contributed by atoms with Crippen LogP contribution < -0.4 is 26.8 Å². The Morgan fingerprint density at radius 2 is 0.986 bits per heavy atom. The van der Waals surface area contributed by atoms with Crippen molar-refractivity contribution in [1.29, 1.82) is 0 Å². The lowest BCUT2D eigenvalue weighted by Crippen LogP contribution is -2.61. The van der Waals surface area contributed by atoms with Gasteiger partial charge >= 0.3 is 0 Å². The van der Waals surface area contributed by atoms with E-state index in [0.29, 0.717) is 0 Å². The lowest BCUT2D eigenvalue weighted by Gasteiger charge is -2.44. The summed E-state index contributed by atoms with van der Waals surface area (Å²) in [4.78, 5) is 0. The highest BCUT2D eigenvalue weighted by Gasteiger charge is 2.55. The summed E-state index contributed by atoms with van der Waals surface area (Å²) in [5, 5.41) is 9.86. The predicted molar refractivity (Wildman–Crippen MR) is 325 cm³/mol. The van der Waals surface area contributed by atoms with Crippen LogP contribution in [0, 0.1) is 0 Å². The molecule has 2 nitrogen and oxygen atoms in total. The first-order chi connectivity index (χ1) is 35.3. The summed E-state index contributed by atoms with van der Waals surface area (Å²) in [5.74, 6) is 0. The summed E-state index contributed by atoms with van der Waals surface area (Å²) < 4.78 is 5.57. The zero-order valence-electron chi connectivity index (χ0n) is 45.1. The van der Waals surface area contributed by atoms with Gasteiger partial charge in [-0.15, -0.1) is 0 Å². The van der Waals surface area contributed by atoms with Gasteiger partial charge in [-0.3, -0.25) is 0 Å². The summed E-state index contributed by atoms with van der Waals surface area (Å²) in [6.45, 7) is 29.2. The molecule has 4 aliphatic rings. The van der Waals surface area contributed by atoms with Crippen molar-refractivity contribution in [3.8, 4) is 44.9 Å². The van der Waals surface area contributed by atoms with Gasteiger partial charge in [0.25, 0.3) is 6.71 Å². The standard InChI is InChI=1S/C69H63BN2Si2/c1-67(2,3)43-29-25-40(26-30-43)59-52-35-42-19-13-14-20-47(42)60-65(52)71(62(59)41-27-31-44(32-28-41)68(4,5)6)58-34-33-55-66-61(58)70(60)57-39-46(74(10,11)12)37-51-50-36-45(73(7,8)9)38-56(63(50)72(66)64(51)57)69(55)53-23-17-15-21-48(53)49-22-16-18-24-54(49)69/h13-39H,1-12H3. The summed E-state index contributed by atoms with van der Waals surface area (Å²) in [7, 11) is -3.75. The Kier molecular flexibility index (Phi) is 8.59. The molecule has 2 aromatic heterocycles. The Morgan fingerprint density at radius 1 is 0.432 bits per heavy atom. The van der Waals surface area contributed by atoms with E-state index in [9.17, 15) is 0 Å². The fourth-order valence-electron chi connectivity index (χ4n) is 14.4. The van der Waals surface area contributed by atoms with E-state index in [4.69, 9.17) is 0 Å². The lowest BCUT2D eigenvalue weighted by molar-refractivity contribution is 0.590. The SMILES string of the molecule is CC(C)(C)c1ccc(-c2c(-c3ccc(C(C)(C)C)cc3)n3c4c(c5ccccc5cc24)B2c4c-3ccc3c4-n4c5c2cc([Si](C)(C)C)cc5c2cc([Si](C)(C)C)cc(c24)C32c3ccccc3-c3ccccc32)cc1. The van der Waals surface area contributed by atoms with E-state index in [1.165, 1.54) is 149 Å². The molecule has 0 N–H and O–H groups in total. The smallest absolute Gasteiger partial charge is 0.253 e. The van der Waals surface area contributed by atoms with Crippen molar-refractivity contribution in [2.75, 3.05) is 0 Å². The minimum atomic E-state index is -1.88. The van der Waals surface area contributed by atoms with Gasteiger partial charge in [0.2, 0.25) is 0 Å². The molecule has 5 heteroatoms. The van der Waals surface area contributed by atoms with Crippen LogP contribution in [0.15, 0.2) is 164 Å². The van der Waals surface area contributed by atoms with E-state index in [1.807, 2.05) is 0 Å². The Bertz CT molecular complexity index is 4280. The number of benzene rings is 9. The van der Waals surface area contributed by atoms with Crippen molar-refractivity contribution in [1.82, 2.24) is 9.13 Å². The first-order valence-electron chi connectivity index (χ1n) is 27.1. The van der Waals surface area contributed by atoms with E-state index in [2.05, 4.69) is 254 Å². The van der Waals surface area contributed by atoms with Crippen LogP contribution in [-0.2, 0) is 16.2 Å². The zero-order chi connectivity index (χ0) is 50.9. The maximum absolute atomic E-state index is 2.82. The highest BCUT2D eigenvalue weighted by molar-refractivity contribution is 7.02. The Balaban J connectivity index is 1.20. The van der Waals surface area contributed by atoms with Crippen LogP contribution in [-0.4, -0.2) is 32.0 Å². The molecule has 15 rings (SSSR count). The topological polar surface area (TPSA) is 9.86 Å².